The first-order valence-corrected chi connectivity index (χ1v) is 12.8. The van der Waals surface area contributed by atoms with E-state index in [1.54, 1.807) is 0 Å². The fraction of sp³-hybridized carbons (Fsp3) is 0.643. The second-order valence-corrected chi connectivity index (χ2v) is 10.3. The second-order valence-electron chi connectivity index (χ2n) is 10.3. The molecular weight excluding hydrogens is 396 g/mol. The van der Waals surface area contributed by atoms with Crippen LogP contribution in [0, 0.1) is 24.7 Å². The highest BCUT2D eigenvalue weighted by Gasteiger charge is 2.43. The van der Waals surface area contributed by atoms with Gasteiger partial charge in [0.2, 0.25) is 0 Å². The zero-order valence-electron chi connectivity index (χ0n) is 19.8. The van der Waals surface area contributed by atoms with Gasteiger partial charge in [-0.2, -0.15) is 0 Å². The summed E-state index contributed by atoms with van der Waals surface area (Å²) in [6.45, 7) is 7.93. The van der Waals surface area contributed by atoms with E-state index in [2.05, 4.69) is 47.5 Å². The molecule has 0 aromatic heterocycles. The first-order valence-electron chi connectivity index (χ1n) is 12.8. The van der Waals surface area contributed by atoms with Crippen molar-refractivity contribution in [2.75, 3.05) is 32.7 Å². The number of nitrogens with zero attached hydrogens (tertiary/aromatic N) is 1. The van der Waals surface area contributed by atoms with Crippen molar-refractivity contribution in [1.29, 1.82) is 0 Å². The van der Waals surface area contributed by atoms with Crippen molar-refractivity contribution in [2.45, 2.75) is 64.1 Å². The Kier molecular flexibility index (Phi) is 8.59. The van der Waals surface area contributed by atoms with Crippen LogP contribution in [0.4, 0.5) is 0 Å². The lowest BCUT2D eigenvalue weighted by atomic mass is 9.89. The first-order chi connectivity index (χ1) is 15.6. The molecule has 0 bridgehead atoms. The van der Waals surface area contributed by atoms with Crippen LogP contribution >= 0.6 is 0 Å². The maximum Gasteiger partial charge on any atom is 0.0761 e. The van der Waals surface area contributed by atoms with E-state index in [4.69, 9.17) is 0 Å². The minimum Gasteiger partial charge on any atom is -0.392 e. The molecule has 1 aromatic rings. The Morgan fingerprint density at radius 2 is 2.06 bits per heavy atom. The van der Waals surface area contributed by atoms with Crippen molar-refractivity contribution in [3.8, 4) is 0 Å². The molecule has 0 unspecified atom stereocenters. The molecule has 1 aromatic carbocycles. The summed E-state index contributed by atoms with van der Waals surface area (Å²) in [6.07, 6.45) is 13.6. The monoisotopic (exact) mass is 438 g/mol. The van der Waals surface area contributed by atoms with E-state index in [1.807, 2.05) is 12.1 Å². The Hall–Kier alpha value is -1.46. The van der Waals surface area contributed by atoms with E-state index in [9.17, 15) is 10.2 Å². The fourth-order valence-corrected chi connectivity index (χ4v) is 6.00. The van der Waals surface area contributed by atoms with Crippen LogP contribution in [0.5, 0.6) is 0 Å². The van der Waals surface area contributed by atoms with Crippen molar-refractivity contribution in [2.24, 2.45) is 17.8 Å². The van der Waals surface area contributed by atoms with Crippen LogP contribution in [-0.4, -0.2) is 60.0 Å². The number of aliphatic hydroxyl groups is 2. The third kappa shape index (κ3) is 6.54. The Morgan fingerprint density at radius 3 is 2.88 bits per heavy atom. The van der Waals surface area contributed by atoms with Crippen LogP contribution in [0.2, 0.25) is 0 Å². The molecule has 1 aliphatic heterocycles. The molecule has 3 N–H and O–H groups in total. The molecule has 4 nitrogen and oxygen atoms in total. The van der Waals surface area contributed by atoms with Crippen LogP contribution in [0.25, 0.3) is 0 Å². The zero-order chi connectivity index (χ0) is 22.3. The largest absolute Gasteiger partial charge is 0.392 e. The fourth-order valence-electron chi connectivity index (χ4n) is 6.00. The van der Waals surface area contributed by atoms with Gasteiger partial charge in [0, 0.05) is 18.9 Å². The molecule has 1 saturated carbocycles. The number of rotatable bonds is 10. The predicted molar refractivity (Wildman–Crippen MR) is 132 cm³/mol. The molecular formula is C28H42N2O2. The number of hydrogen-bond donors (Lipinski definition) is 3. The maximum atomic E-state index is 10.6. The number of likely N-dealkylation sites (tertiary alicyclic amines) is 1. The van der Waals surface area contributed by atoms with Crippen LogP contribution in [0.3, 0.4) is 0 Å². The SMILES string of the molecule is Cc1cccc(C[C@@H](O)/C=C/[C@@H]2[C@H]3CC(CNCCCN4CCCCC4)=C[C@H]3C[C@H]2O)c1. The molecule has 5 atom stereocenters. The van der Waals surface area contributed by atoms with Gasteiger partial charge in [-0.05, 0) is 82.6 Å². The van der Waals surface area contributed by atoms with Crippen molar-refractivity contribution in [3.63, 3.8) is 0 Å². The highest BCUT2D eigenvalue weighted by atomic mass is 16.3. The summed E-state index contributed by atoms with van der Waals surface area (Å²) in [5.74, 6) is 1.12. The number of nitrogens with one attached hydrogen (secondary N) is 1. The second kappa shape index (κ2) is 11.6. The lowest BCUT2D eigenvalue weighted by molar-refractivity contribution is 0.140. The van der Waals surface area contributed by atoms with Crippen LogP contribution in [0.15, 0.2) is 48.1 Å². The standard InChI is InChI=1S/C28H42N2O2/c1-21-7-5-8-22(15-21)17-25(31)9-10-26-27-18-23(16-24(27)19-28(26)32)20-29-11-6-14-30-12-3-2-4-13-30/h5,7-10,15-16,24-29,31-32H,2-4,6,11-14,17-20H2,1H3/b10-9+/t24-,25-,26+,27-,28+/m0/s1. The van der Waals surface area contributed by atoms with Crippen LogP contribution in [0.1, 0.15) is 49.7 Å². The van der Waals surface area contributed by atoms with Gasteiger partial charge >= 0.3 is 0 Å². The Balaban J connectivity index is 1.19. The Bertz CT molecular complexity index is 783. The molecule has 0 spiro atoms. The van der Waals surface area contributed by atoms with Gasteiger partial charge in [-0.1, -0.05) is 60.1 Å². The topological polar surface area (TPSA) is 55.7 Å². The quantitative estimate of drug-likeness (QED) is 0.384. The minimum absolute atomic E-state index is 0.153. The molecule has 2 aliphatic carbocycles. The summed E-state index contributed by atoms with van der Waals surface area (Å²) in [5, 5.41) is 24.8. The normalized spacial score (nSPS) is 29.4. The molecule has 4 rings (SSSR count). The highest BCUT2D eigenvalue weighted by Crippen LogP contribution is 2.47. The zero-order valence-corrected chi connectivity index (χ0v) is 19.8. The van der Waals surface area contributed by atoms with Gasteiger partial charge in [0.15, 0.2) is 0 Å². The molecule has 1 heterocycles. The van der Waals surface area contributed by atoms with Gasteiger partial charge in [0.1, 0.15) is 0 Å². The van der Waals surface area contributed by atoms with Crippen molar-refractivity contribution < 1.29 is 10.2 Å². The smallest absolute Gasteiger partial charge is 0.0761 e. The lowest BCUT2D eigenvalue weighted by Gasteiger charge is -2.26. The number of aryl methyl sites for hydroxylation is 1. The summed E-state index contributed by atoms with van der Waals surface area (Å²) in [7, 11) is 0. The number of hydrogen-bond acceptors (Lipinski definition) is 4. The average molecular weight is 439 g/mol. The third-order valence-corrected chi connectivity index (χ3v) is 7.66. The highest BCUT2D eigenvalue weighted by molar-refractivity contribution is 5.24. The van der Waals surface area contributed by atoms with Gasteiger partial charge in [-0.3, -0.25) is 0 Å². The number of allylic oxidation sites excluding steroid dienone is 1. The third-order valence-electron chi connectivity index (χ3n) is 7.66. The van der Waals surface area contributed by atoms with Gasteiger partial charge in [-0.25, -0.2) is 0 Å². The molecule has 3 aliphatic rings. The van der Waals surface area contributed by atoms with E-state index in [-0.39, 0.29) is 12.0 Å². The number of piperidine rings is 1. The Labute approximate surface area is 194 Å². The number of aliphatic hydroxyl groups excluding tert-OH is 2. The van der Waals surface area contributed by atoms with E-state index < -0.39 is 6.10 Å². The molecule has 1 saturated heterocycles. The first kappa shape index (κ1) is 23.7. The van der Waals surface area contributed by atoms with E-state index in [0.29, 0.717) is 18.3 Å². The van der Waals surface area contributed by atoms with E-state index >= 15 is 0 Å². The van der Waals surface area contributed by atoms with Crippen molar-refractivity contribution in [3.05, 3.63) is 59.2 Å². The molecule has 2 fully saturated rings. The van der Waals surface area contributed by atoms with Gasteiger partial charge < -0.3 is 20.4 Å². The summed E-state index contributed by atoms with van der Waals surface area (Å²) in [6, 6.07) is 8.32. The molecule has 32 heavy (non-hydrogen) atoms. The van der Waals surface area contributed by atoms with Crippen molar-refractivity contribution >= 4 is 0 Å². The lowest BCUT2D eigenvalue weighted by Crippen LogP contribution is -2.32. The summed E-state index contributed by atoms with van der Waals surface area (Å²) in [5.41, 5.74) is 3.88. The average Bonchev–Trinajstić information content (AvgIpc) is 3.29. The van der Waals surface area contributed by atoms with Gasteiger partial charge in [0.05, 0.1) is 12.2 Å². The minimum atomic E-state index is -0.501. The summed E-state index contributed by atoms with van der Waals surface area (Å²) in [4.78, 5) is 2.61. The maximum absolute atomic E-state index is 10.6. The Morgan fingerprint density at radius 1 is 1.22 bits per heavy atom. The summed E-state index contributed by atoms with van der Waals surface area (Å²) < 4.78 is 0. The number of benzene rings is 1. The van der Waals surface area contributed by atoms with E-state index in [0.717, 1.165) is 31.5 Å². The summed E-state index contributed by atoms with van der Waals surface area (Å²) >= 11 is 0. The molecule has 0 radical (unpaired) electrons. The molecule has 176 valence electrons. The molecule has 0 amide bonds. The molecule has 4 heteroatoms. The predicted octanol–water partition coefficient (Wildman–Crippen LogP) is 3.86. The number of fused-ring (bicyclic) bond motifs is 1. The van der Waals surface area contributed by atoms with Crippen LogP contribution in [-0.2, 0) is 6.42 Å². The van der Waals surface area contributed by atoms with Crippen molar-refractivity contribution in [1.82, 2.24) is 10.2 Å². The van der Waals surface area contributed by atoms with Gasteiger partial charge in [0.25, 0.3) is 0 Å². The van der Waals surface area contributed by atoms with E-state index in [1.165, 1.54) is 56.5 Å². The van der Waals surface area contributed by atoms with Gasteiger partial charge in [-0.15, -0.1) is 0 Å². The van der Waals surface area contributed by atoms with Crippen LogP contribution < -0.4 is 5.32 Å².